The van der Waals surface area contributed by atoms with Crippen molar-refractivity contribution in [2.75, 3.05) is 13.2 Å². The molecule has 33 heavy (non-hydrogen) atoms. The highest BCUT2D eigenvalue weighted by molar-refractivity contribution is 14.1. The molecule has 1 atom stereocenters. The molecule has 0 bridgehead atoms. The Morgan fingerprint density at radius 3 is 2.55 bits per heavy atom. The van der Waals surface area contributed by atoms with Gasteiger partial charge in [0.2, 0.25) is 0 Å². The molecule has 0 aromatic heterocycles. The van der Waals surface area contributed by atoms with Crippen LogP contribution in [0.4, 0.5) is 0 Å². The number of benzene rings is 2. The Morgan fingerprint density at radius 2 is 1.91 bits per heavy atom. The van der Waals surface area contributed by atoms with Crippen LogP contribution >= 0.6 is 34.2 Å². The van der Waals surface area contributed by atoms with E-state index in [1.165, 1.54) is 6.21 Å². The fraction of sp³-hybridized carbons (Fsp3) is 0.375. The molecule has 178 valence electrons. The van der Waals surface area contributed by atoms with Crippen molar-refractivity contribution in [1.82, 2.24) is 10.7 Å². The lowest BCUT2D eigenvalue weighted by atomic mass is 10.0. The van der Waals surface area contributed by atoms with Crippen molar-refractivity contribution in [3.8, 4) is 11.5 Å². The fourth-order valence-electron chi connectivity index (χ4n) is 2.91. The summed E-state index contributed by atoms with van der Waals surface area (Å²) in [4.78, 5) is 25.3. The van der Waals surface area contributed by atoms with E-state index >= 15 is 0 Å². The lowest BCUT2D eigenvalue weighted by Gasteiger charge is -2.20. The Hall–Kier alpha value is -2.33. The number of nitrogens with zero attached hydrogens (tertiary/aromatic N) is 1. The quantitative estimate of drug-likeness (QED) is 0.220. The molecule has 0 heterocycles. The van der Waals surface area contributed by atoms with E-state index in [0.29, 0.717) is 35.3 Å². The largest absolute Gasteiger partial charge is 0.490 e. The van der Waals surface area contributed by atoms with Crippen LogP contribution in [0.2, 0.25) is 5.02 Å². The molecule has 2 rings (SSSR count). The van der Waals surface area contributed by atoms with E-state index in [2.05, 4.69) is 38.4 Å². The van der Waals surface area contributed by atoms with Gasteiger partial charge in [-0.3, -0.25) is 9.59 Å². The predicted octanol–water partition coefficient (Wildman–Crippen LogP) is 5.04. The van der Waals surface area contributed by atoms with E-state index in [1.807, 2.05) is 39.8 Å². The van der Waals surface area contributed by atoms with Gasteiger partial charge >= 0.3 is 0 Å². The van der Waals surface area contributed by atoms with Crippen molar-refractivity contribution >= 4 is 52.2 Å². The number of hydrogen-bond acceptors (Lipinski definition) is 5. The van der Waals surface area contributed by atoms with E-state index < -0.39 is 17.9 Å². The van der Waals surface area contributed by atoms with Gasteiger partial charge in [-0.15, -0.1) is 0 Å². The Labute approximate surface area is 213 Å². The molecule has 9 heteroatoms. The van der Waals surface area contributed by atoms with Gasteiger partial charge in [-0.2, -0.15) is 5.10 Å². The highest BCUT2D eigenvalue weighted by Gasteiger charge is 2.25. The molecule has 2 N–H and O–H groups in total. The smallest absolute Gasteiger partial charge is 0.262 e. The second-order valence-corrected chi connectivity index (χ2v) is 9.09. The lowest BCUT2D eigenvalue weighted by Crippen LogP contribution is -2.48. The van der Waals surface area contributed by atoms with Gasteiger partial charge in [-0.1, -0.05) is 44.5 Å². The Kier molecular flexibility index (Phi) is 10.9. The first-order valence-electron chi connectivity index (χ1n) is 10.8. The van der Waals surface area contributed by atoms with Crippen LogP contribution in [0, 0.1) is 9.49 Å². The predicted molar refractivity (Wildman–Crippen MR) is 139 cm³/mol. The van der Waals surface area contributed by atoms with Gasteiger partial charge in [-0.25, -0.2) is 5.43 Å². The summed E-state index contributed by atoms with van der Waals surface area (Å²) in [5.41, 5.74) is 3.57. The summed E-state index contributed by atoms with van der Waals surface area (Å²) < 4.78 is 12.4. The highest BCUT2D eigenvalue weighted by Crippen LogP contribution is 2.34. The van der Waals surface area contributed by atoms with Crippen LogP contribution in [0.1, 0.15) is 50.0 Å². The number of amides is 2. The third-order valence-electron chi connectivity index (χ3n) is 4.52. The summed E-state index contributed by atoms with van der Waals surface area (Å²) in [6.07, 6.45) is 2.42. The number of hydrogen-bond donors (Lipinski definition) is 2. The van der Waals surface area contributed by atoms with Crippen molar-refractivity contribution in [2.45, 2.75) is 40.2 Å². The van der Waals surface area contributed by atoms with E-state index in [1.54, 1.807) is 24.3 Å². The van der Waals surface area contributed by atoms with Crippen LogP contribution in [0.25, 0.3) is 0 Å². The molecule has 1 unspecified atom stereocenters. The number of nitrogens with one attached hydrogen (secondary N) is 2. The Bertz CT molecular complexity index is 998. The first-order chi connectivity index (χ1) is 15.8. The van der Waals surface area contributed by atoms with Crippen LogP contribution in [-0.2, 0) is 4.79 Å². The maximum Gasteiger partial charge on any atom is 0.262 e. The summed E-state index contributed by atoms with van der Waals surface area (Å²) in [6, 6.07) is 9.61. The first-order valence-corrected chi connectivity index (χ1v) is 12.2. The van der Waals surface area contributed by atoms with E-state index in [4.69, 9.17) is 21.1 Å². The standard InChI is InChI=1S/C24H29ClIN3O4/c1-5-11-33-22-19(26)12-16(13-20(22)32-6-2)14-27-29-24(31)21(15(3)4)28-23(30)17-9-7-8-10-18(17)25/h7-10,12-15,21H,5-6,11H2,1-4H3,(H,28,30)(H,29,31). The van der Waals surface area contributed by atoms with Crippen LogP contribution in [0.5, 0.6) is 11.5 Å². The topological polar surface area (TPSA) is 89.0 Å². The number of carbonyl (C=O) groups excluding carboxylic acids is 2. The molecule has 0 fully saturated rings. The second kappa shape index (κ2) is 13.4. The number of rotatable bonds is 11. The molecule has 0 aliphatic carbocycles. The molecule has 2 aromatic rings. The van der Waals surface area contributed by atoms with Crippen LogP contribution in [-0.4, -0.2) is 37.3 Å². The molecule has 2 amide bonds. The zero-order chi connectivity index (χ0) is 24.4. The van der Waals surface area contributed by atoms with E-state index in [0.717, 1.165) is 15.6 Å². The summed E-state index contributed by atoms with van der Waals surface area (Å²) >= 11 is 8.28. The van der Waals surface area contributed by atoms with Gasteiger partial charge in [0, 0.05) is 0 Å². The van der Waals surface area contributed by atoms with Crippen molar-refractivity contribution < 1.29 is 19.1 Å². The molecule has 7 nitrogen and oxygen atoms in total. The molecular weight excluding hydrogens is 557 g/mol. The average Bonchev–Trinajstić information content (AvgIpc) is 2.77. The minimum atomic E-state index is -0.783. The highest BCUT2D eigenvalue weighted by atomic mass is 127. The van der Waals surface area contributed by atoms with E-state index in [9.17, 15) is 9.59 Å². The molecule has 0 saturated carbocycles. The molecule has 2 aromatic carbocycles. The zero-order valence-electron chi connectivity index (χ0n) is 19.2. The van der Waals surface area contributed by atoms with Crippen LogP contribution in [0.15, 0.2) is 41.5 Å². The zero-order valence-corrected chi connectivity index (χ0v) is 22.1. The van der Waals surface area contributed by atoms with Crippen molar-refractivity contribution in [3.05, 3.63) is 56.1 Å². The van der Waals surface area contributed by atoms with Crippen molar-refractivity contribution in [3.63, 3.8) is 0 Å². The van der Waals surface area contributed by atoms with Gasteiger partial charge in [0.1, 0.15) is 6.04 Å². The molecule has 0 spiro atoms. The monoisotopic (exact) mass is 585 g/mol. The van der Waals surface area contributed by atoms with E-state index in [-0.39, 0.29) is 5.92 Å². The molecule has 0 aliphatic rings. The third kappa shape index (κ3) is 7.89. The van der Waals surface area contributed by atoms with Gasteiger partial charge in [0.05, 0.1) is 33.6 Å². The van der Waals surface area contributed by atoms with Crippen molar-refractivity contribution in [2.24, 2.45) is 11.0 Å². The third-order valence-corrected chi connectivity index (χ3v) is 5.66. The summed E-state index contributed by atoms with van der Waals surface area (Å²) in [5.74, 6) is 0.314. The molecule has 0 radical (unpaired) electrons. The maximum atomic E-state index is 12.7. The number of carbonyl (C=O) groups is 2. The van der Waals surface area contributed by atoms with Crippen LogP contribution < -0.4 is 20.2 Å². The lowest BCUT2D eigenvalue weighted by molar-refractivity contribution is -0.123. The summed E-state index contributed by atoms with van der Waals surface area (Å²) in [5, 5.41) is 7.13. The Balaban J connectivity index is 2.11. The summed E-state index contributed by atoms with van der Waals surface area (Å²) in [6.45, 7) is 8.71. The minimum absolute atomic E-state index is 0.160. The van der Waals surface area contributed by atoms with Gasteiger partial charge in [-0.05, 0) is 71.7 Å². The molecular formula is C24H29ClIN3O4. The average molecular weight is 586 g/mol. The Morgan fingerprint density at radius 1 is 1.18 bits per heavy atom. The normalized spacial score (nSPS) is 12.0. The fourth-order valence-corrected chi connectivity index (χ4v) is 3.91. The van der Waals surface area contributed by atoms with Gasteiger partial charge < -0.3 is 14.8 Å². The molecule has 0 aliphatic heterocycles. The second-order valence-electron chi connectivity index (χ2n) is 7.52. The number of ether oxygens (including phenoxy) is 2. The number of halogens is 2. The maximum absolute atomic E-state index is 12.7. The van der Waals surface area contributed by atoms with Gasteiger partial charge in [0.15, 0.2) is 11.5 Å². The first kappa shape index (κ1) is 26.9. The molecule has 0 saturated heterocycles. The summed E-state index contributed by atoms with van der Waals surface area (Å²) in [7, 11) is 0. The van der Waals surface area contributed by atoms with Gasteiger partial charge in [0.25, 0.3) is 11.8 Å². The van der Waals surface area contributed by atoms with Crippen molar-refractivity contribution in [1.29, 1.82) is 0 Å². The van der Waals surface area contributed by atoms with Crippen LogP contribution in [0.3, 0.4) is 0 Å². The SMILES string of the molecule is CCCOc1c(I)cc(C=NNC(=O)C(NC(=O)c2ccccc2Cl)C(C)C)cc1OCC. The number of hydrazone groups is 1. The minimum Gasteiger partial charge on any atom is -0.490 e.